The summed E-state index contributed by atoms with van der Waals surface area (Å²) in [7, 11) is 0. The van der Waals surface area contributed by atoms with Gasteiger partial charge in [0.15, 0.2) is 0 Å². The summed E-state index contributed by atoms with van der Waals surface area (Å²) in [6, 6.07) is 16.0. The maximum Gasteiger partial charge on any atom is 0.251 e. The van der Waals surface area contributed by atoms with Gasteiger partial charge in [-0.25, -0.2) is 23.7 Å². The minimum absolute atomic E-state index is 0.00547. The van der Waals surface area contributed by atoms with Crippen LogP contribution in [-0.2, 0) is 6.42 Å². The fourth-order valence-corrected chi connectivity index (χ4v) is 5.27. The predicted octanol–water partition coefficient (Wildman–Crippen LogP) is 6.54. The van der Waals surface area contributed by atoms with E-state index in [2.05, 4.69) is 26.7 Å². The Bertz CT molecular complexity index is 1450. The number of nitrogens with zero attached hydrogens (tertiary/aromatic N) is 3. The second-order valence-corrected chi connectivity index (χ2v) is 10.3. The molecule has 1 saturated heterocycles. The minimum atomic E-state index is -2.49. The van der Waals surface area contributed by atoms with Crippen LogP contribution >= 0.6 is 0 Å². The van der Waals surface area contributed by atoms with Crippen LogP contribution in [0.15, 0.2) is 60.9 Å². The number of fused-ring (bicyclic) bond motifs is 1. The van der Waals surface area contributed by atoms with E-state index < -0.39 is 11.8 Å². The van der Waals surface area contributed by atoms with Gasteiger partial charge in [-0.05, 0) is 73.9 Å². The summed E-state index contributed by atoms with van der Waals surface area (Å²) in [5.41, 5.74) is 3.51. The van der Waals surface area contributed by atoms with Crippen LogP contribution in [0, 0.1) is 12.8 Å². The molecule has 2 aliphatic rings. The summed E-state index contributed by atoms with van der Waals surface area (Å²) in [6.45, 7) is 3.93. The molecular weight excluding hydrogens is 484 g/mol. The SMILES string of the molecule is Cc1ccc2c(CCC3CC3(F)F)cccc2c1Oc1ncccc1-c1ccnc(N[C@H]2CCCNC2)n1. The highest BCUT2D eigenvalue weighted by Gasteiger charge is 2.55. The van der Waals surface area contributed by atoms with Gasteiger partial charge in [-0.3, -0.25) is 0 Å². The molecule has 0 bridgehead atoms. The molecule has 0 amide bonds. The summed E-state index contributed by atoms with van der Waals surface area (Å²) in [5, 5.41) is 8.80. The molecule has 38 heavy (non-hydrogen) atoms. The number of nitrogens with one attached hydrogen (secondary N) is 2. The van der Waals surface area contributed by atoms with Gasteiger partial charge in [-0.2, -0.15) is 0 Å². The number of hydrogen-bond donors (Lipinski definition) is 2. The summed E-state index contributed by atoms with van der Waals surface area (Å²) in [4.78, 5) is 13.7. The molecule has 196 valence electrons. The lowest BCUT2D eigenvalue weighted by Gasteiger charge is -2.23. The van der Waals surface area contributed by atoms with Crippen molar-refractivity contribution in [2.45, 2.75) is 51.0 Å². The van der Waals surface area contributed by atoms with Crippen LogP contribution < -0.4 is 15.4 Å². The van der Waals surface area contributed by atoms with E-state index in [9.17, 15) is 8.78 Å². The monoisotopic (exact) mass is 515 g/mol. The van der Waals surface area contributed by atoms with Crippen molar-refractivity contribution in [3.05, 3.63) is 72.1 Å². The van der Waals surface area contributed by atoms with Gasteiger partial charge in [-0.1, -0.05) is 30.3 Å². The summed E-state index contributed by atoms with van der Waals surface area (Å²) in [5.74, 6) is -1.25. The van der Waals surface area contributed by atoms with Crippen molar-refractivity contribution in [3.63, 3.8) is 0 Å². The second kappa shape index (κ2) is 10.3. The standard InChI is InChI=1S/C30H31F2N5O/c1-19-9-12-23-20(10-11-21-17-30(21,31)32)5-2-7-24(23)27(19)38-28-25(8-4-15-34-28)26-13-16-35-29(37-26)36-22-6-3-14-33-18-22/h2,4-5,7-9,12-13,15-16,21-22,33H,3,6,10-11,14,17-18H2,1H3,(H,35,36,37)/t21?,22-/m0/s1. The Morgan fingerprint density at radius 3 is 2.76 bits per heavy atom. The largest absolute Gasteiger partial charge is 0.437 e. The van der Waals surface area contributed by atoms with Gasteiger partial charge in [-0.15, -0.1) is 0 Å². The number of alkyl halides is 2. The quantitative estimate of drug-likeness (QED) is 0.278. The molecule has 1 unspecified atom stereocenters. The first-order valence-corrected chi connectivity index (χ1v) is 13.3. The maximum absolute atomic E-state index is 13.4. The van der Waals surface area contributed by atoms with Crippen LogP contribution in [0.5, 0.6) is 11.6 Å². The minimum Gasteiger partial charge on any atom is -0.437 e. The van der Waals surface area contributed by atoms with Crippen LogP contribution in [0.3, 0.4) is 0 Å². The molecule has 2 fully saturated rings. The Morgan fingerprint density at radius 2 is 1.95 bits per heavy atom. The number of hydrogen-bond acceptors (Lipinski definition) is 6. The van der Waals surface area contributed by atoms with Crippen molar-refractivity contribution in [1.29, 1.82) is 0 Å². The molecular formula is C30H31F2N5O. The molecule has 1 aliphatic heterocycles. The van der Waals surface area contributed by atoms with Gasteiger partial charge in [0.05, 0.1) is 11.3 Å². The Morgan fingerprint density at radius 1 is 1.05 bits per heavy atom. The normalized spacial score (nSPS) is 20.3. The molecule has 8 heteroatoms. The lowest BCUT2D eigenvalue weighted by atomic mass is 9.97. The predicted molar refractivity (Wildman–Crippen MR) is 145 cm³/mol. The van der Waals surface area contributed by atoms with E-state index in [1.165, 1.54) is 0 Å². The molecule has 2 aromatic carbocycles. The van der Waals surface area contributed by atoms with Crippen molar-refractivity contribution in [2.24, 2.45) is 5.92 Å². The molecule has 6 rings (SSSR count). The number of rotatable bonds is 8. The molecule has 4 aromatic rings. The van der Waals surface area contributed by atoms with Crippen molar-refractivity contribution >= 4 is 16.7 Å². The van der Waals surface area contributed by atoms with Gasteiger partial charge < -0.3 is 15.4 Å². The van der Waals surface area contributed by atoms with Crippen molar-refractivity contribution < 1.29 is 13.5 Å². The van der Waals surface area contributed by atoms with Gasteiger partial charge >= 0.3 is 0 Å². The zero-order valence-corrected chi connectivity index (χ0v) is 21.4. The Hall–Kier alpha value is -3.65. The molecule has 0 radical (unpaired) electrons. The summed E-state index contributed by atoms with van der Waals surface area (Å²) < 4.78 is 33.4. The Balaban J connectivity index is 1.29. The number of halogens is 2. The van der Waals surface area contributed by atoms with Gasteiger partial charge in [0.2, 0.25) is 11.8 Å². The van der Waals surface area contributed by atoms with Crippen molar-refractivity contribution in [1.82, 2.24) is 20.3 Å². The number of pyridine rings is 1. The van der Waals surface area contributed by atoms with E-state index in [1.807, 2.05) is 49.4 Å². The molecule has 2 aromatic heterocycles. The molecule has 1 aliphatic carbocycles. The third-order valence-electron chi connectivity index (χ3n) is 7.55. The number of aromatic nitrogens is 3. The fraction of sp³-hybridized carbons (Fsp3) is 0.367. The number of piperidine rings is 1. The first-order valence-electron chi connectivity index (χ1n) is 13.3. The average molecular weight is 516 g/mol. The van der Waals surface area contributed by atoms with E-state index in [4.69, 9.17) is 9.72 Å². The summed E-state index contributed by atoms with van der Waals surface area (Å²) in [6.07, 6.45) is 6.75. The number of aryl methyl sites for hydroxylation is 2. The topological polar surface area (TPSA) is 72.0 Å². The lowest BCUT2D eigenvalue weighted by molar-refractivity contribution is 0.0971. The summed E-state index contributed by atoms with van der Waals surface area (Å²) >= 11 is 0. The number of benzene rings is 2. The van der Waals surface area contributed by atoms with Crippen LogP contribution in [-0.4, -0.2) is 40.0 Å². The van der Waals surface area contributed by atoms with Gasteiger partial charge in [0.1, 0.15) is 5.75 Å². The highest BCUT2D eigenvalue weighted by atomic mass is 19.3. The second-order valence-electron chi connectivity index (χ2n) is 10.3. The maximum atomic E-state index is 13.4. The number of anilines is 1. The van der Waals surface area contributed by atoms with Crippen LogP contribution in [0.1, 0.15) is 36.8 Å². The van der Waals surface area contributed by atoms with Crippen LogP contribution in [0.4, 0.5) is 14.7 Å². The van der Waals surface area contributed by atoms with E-state index in [0.29, 0.717) is 36.5 Å². The van der Waals surface area contributed by atoms with Gasteiger partial charge in [0.25, 0.3) is 5.92 Å². The molecule has 3 heterocycles. The first kappa shape index (κ1) is 24.7. The third kappa shape index (κ3) is 5.18. The molecule has 6 nitrogen and oxygen atoms in total. The molecule has 0 spiro atoms. The van der Waals surface area contributed by atoms with E-state index in [0.717, 1.165) is 59.1 Å². The van der Waals surface area contributed by atoms with Gasteiger partial charge in [0, 0.05) is 42.7 Å². The first-order chi connectivity index (χ1) is 18.5. The number of ether oxygens (including phenoxy) is 1. The Labute approximate surface area is 220 Å². The molecule has 2 atom stereocenters. The van der Waals surface area contributed by atoms with E-state index in [1.54, 1.807) is 12.4 Å². The Kier molecular flexibility index (Phi) is 6.66. The van der Waals surface area contributed by atoms with E-state index in [-0.39, 0.29) is 6.42 Å². The average Bonchev–Trinajstić information content (AvgIpc) is 3.56. The van der Waals surface area contributed by atoms with Crippen molar-refractivity contribution in [3.8, 4) is 22.9 Å². The third-order valence-corrected chi connectivity index (χ3v) is 7.55. The fourth-order valence-electron chi connectivity index (χ4n) is 5.27. The zero-order chi connectivity index (χ0) is 26.1. The highest BCUT2D eigenvalue weighted by Crippen LogP contribution is 2.51. The highest BCUT2D eigenvalue weighted by molar-refractivity contribution is 5.92. The van der Waals surface area contributed by atoms with Crippen LogP contribution in [0.2, 0.25) is 0 Å². The van der Waals surface area contributed by atoms with E-state index >= 15 is 0 Å². The smallest absolute Gasteiger partial charge is 0.251 e. The molecule has 2 N–H and O–H groups in total. The van der Waals surface area contributed by atoms with Crippen LogP contribution in [0.25, 0.3) is 22.0 Å². The van der Waals surface area contributed by atoms with Crippen molar-refractivity contribution in [2.75, 3.05) is 18.4 Å². The lowest BCUT2D eigenvalue weighted by Crippen LogP contribution is -2.38. The molecule has 1 saturated carbocycles. The zero-order valence-electron chi connectivity index (χ0n) is 21.4.